The number of amides is 1. The summed E-state index contributed by atoms with van der Waals surface area (Å²) in [6.45, 7) is 9.19. The van der Waals surface area contributed by atoms with E-state index >= 15 is 4.39 Å². The van der Waals surface area contributed by atoms with Crippen molar-refractivity contribution in [3.63, 3.8) is 0 Å². The Morgan fingerprint density at radius 2 is 1.91 bits per heavy atom. The van der Waals surface area contributed by atoms with Gasteiger partial charge in [0.05, 0.1) is 5.69 Å². The van der Waals surface area contributed by atoms with Crippen LogP contribution < -0.4 is 10.6 Å². The number of hydrogen-bond donors (Lipinski definition) is 1. The Labute approximate surface area is 189 Å². The van der Waals surface area contributed by atoms with Crippen LogP contribution >= 0.6 is 0 Å². The number of aliphatic hydroxyl groups is 1. The minimum absolute atomic E-state index is 0.0711. The number of rotatable bonds is 5. The molecule has 9 heteroatoms. The van der Waals surface area contributed by atoms with Crippen LogP contribution in [0.15, 0.2) is 47.3 Å². The Balaban J connectivity index is 1.90. The van der Waals surface area contributed by atoms with Crippen molar-refractivity contribution in [3.8, 4) is 5.69 Å². The Hall–Kier alpha value is -3.59. The molecule has 3 aromatic rings. The molecule has 0 bridgehead atoms. The Bertz CT molecular complexity index is 1340. The van der Waals surface area contributed by atoms with Crippen molar-refractivity contribution < 1.29 is 18.7 Å². The van der Waals surface area contributed by atoms with E-state index in [-0.39, 0.29) is 35.9 Å². The van der Waals surface area contributed by atoms with Crippen molar-refractivity contribution in [2.24, 2.45) is 0 Å². The molecule has 1 aromatic heterocycles. The molecule has 1 aliphatic heterocycles. The maximum Gasteiger partial charge on any atom is 0.350 e. The number of nitrogens with zero attached hydrogens (tertiary/aromatic N) is 4. The molecule has 1 aliphatic rings. The summed E-state index contributed by atoms with van der Waals surface area (Å²) in [6.07, 6.45) is 0. The summed E-state index contributed by atoms with van der Waals surface area (Å²) in [5, 5.41) is 13.6. The fraction of sp³-hybridized carbons (Fsp3) is 0.292. The zero-order chi connectivity index (χ0) is 24.0. The summed E-state index contributed by atoms with van der Waals surface area (Å²) in [5.41, 5.74) is 1.42. The first kappa shape index (κ1) is 22.6. The monoisotopic (exact) mass is 454 g/mol. The summed E-state index contributed by atoms with van der Waals surface area (Å²) in [4.78, 5) is 27.3. The first-order valence-corrected chi connectivity index (χ1v) is 10.5. The van der Waals surface area contributed by atoms with Gasteiger partial charge in [-0.25, -0.2) is 13.6 Å². The van der Waals surface area contributed by atoms with Crippen LogP contribution in [0.1, 0.15) is 47.1 Å². The van der Waals surface area contributed by atoms with Crippen LogP contribution in [0.2, 0.25) is 0 Å². The van der Waals surface area contributed by atoms with E-state index < -0.39 is 35.8 Å². The van der Waals surface area contributed by atoms with E-state index in [0.29, 0.717) is 11.1 Å². The SMILES string of the molecule is C=C(C)C1CN(c2cc(C)ccc2F)C(=O)c2cc(F)c(-n3nc(CO)n(CC)c3=O)cc21. The fourth-order valence-electron chi connectivity index (χ4n) is 4.21. The average Bonchev–Trinajstić information content (AvgIpc) is 3.10. The number of benzene rings is 2. The molecule has 1 amide bonds. The maximum atomic E-state index is 15.2. The second-order valence-electron chi connectivity index (χ2n) is 8.17. The lowest BCUT2D eigenvalue weighted by Gasteiger charge is -2.35. The van der Waals surface area contributed by atoms with Gasteiger partial charge in [0.15, 0.2) is 5.82 Å². The lowest BCUT2D eigenvalue weighted by Crippen LogP contribution is -2.41. The molecule has 1 unspecified atom stereocenters. The number of carbonyl (C=O) groups excluding carboxylic acids is 1. The van der Waals surface area contributed by atoms with Gasteiger partial charge in [-0.1, -0.05) is 18.2 Å². The second-order valence-corrected chi connectivity index (χ2v) is 8.17. The Morgan fingerprint density at radius 1 is 1.18 bits per heavy atom. The summed E-state index contributed by atoms with van der Waals surface area (Å²) in [7, 11) is 0. The van der Waals surface area contributed by atoms with Crippen LogP contribution in [-0.4, -0.2) is 31.9 Å². The van der Waals surface area contributed by atoms with Gasteiger partial charge in [0, 0.05) is 24.6 Å². The van der Waals surface area contributed by atoms with E-state index in [0.717, 1.165) is 16.3 Å². The normalized spacial score (nSPS) is 15.6. The standard InChI is InChI=1S/C24H24F2N4O3/c1-5-28-22(12-31)27-30(24(28)33)21-10-15-16(9-19(21)26)23(32)29(11-17(15)13(2)3)20-8-14(4)6-7-18(20)25/h6-10,17,31H,2,5,11-12H2,1,3-4H3. The van der Waals surface area contributed by atoms with Gasteiger partial charge in [-0.05, 0) is 56.2 Å². The first-order chi connectivity index (χ1) is 15.7. The van der Waals surface area contributed by atoms with Crippen LogP contribution in [0.25, 0.3) is 5.69 Å². The van der Waals surface area contributed by atoms with Crippen molar-refractivity contribution >= 4 is 11.6 Å². The van der Waals surface area contributed by atoms with Gasteiger partial charge < -0.3 is 10.0 Å². The van der Waals surface area contributed by atoms with Crippen LogP contribution in [0.5, 0.6) is 0 Å². The number of halogens is 2. The third kappa shape index (κ3) is 3.68. The molecule has 0 aliphatic carbocycles. The van der Waals surface area contributed by atoms with Crippen molar-refractivity contribution in [2.45, 2.75) is 39.8 Å². The second kappa shape index (κ2) is 8.40. The van der Waals surface area contributed by atoms with Gasteiger partial charge in [0.2, 0.25) is 0 Å². The number of aromatic nitrogens is 3. The van der Waals surface area contributed by atoms with Crippen LogP contribution in [0.3, 0.4) is 0 Å². The predicted octanol–water partition coefficient (Wildman–Crippen LogP) is 3.45. The molecule has 33 heavy (non-hydrogen) atoms. The molecule has 7 nitrogen and oxygen atoms in total. The van der Waals surface area contributed by atoms with E-state index in [1.54, 1.807) is 32.9 Å². The molecule has 172 valence electrons. The first-order valence-electron chi connectivity index (χ1n) is 10.5. The van der Waals surface area contributed by atoms with Gasteiger partial charge in [0.1, 0.15) is 23.9 Å². The van der Waals surface area contributed by atoms with Crippen molar-refractivity contribution in [3.05, 3.63) is 87.1 Å². The number of hydrogen-bond acceptors (Lipinski definition) is 4. The maximum absolute atomic E-state index is 15.2. The van der Waals surface area contributed by atoms with Gasteiger partial charge >= 0.3 is 5.69 Å². The number of fused-ring (bicyclic) bond motifs is 1. The van der Waals surface area contributed by atoms with Gasteiger partial charge in [-0.3, -0.25) is 9.36 Å². The lowest BCUT2D eigenvalue weighted by molar-refractivity contribution is 0.0976. The number of carbonyl (C=O) groups is 1. The van der Waals surface area contributed by atoms with E-state index in [9.17, 15) is 19.1 Å². The highest BCUT2D eigenvalue weighted by Gasteiger charge is 2.35. The Morgan fingerprint density at radius 3 is 2.52 bits per heavy atom. The minimum Gasteiger partial charge on any atom is -0.388 e. The van der Waals surface area contributed by atoms with Gasteiger partial charge in [0.25, 0.3) is 5.91 Å². The van der Waals surface area contributed by atoms with E-state index in [2.05, 4.69) is 11.7 Å². The molecular formula is C24H24F2N4O3. The van der Waals surface area contributed by atoms with E-state index in [4.69, 9.17) is 0 Å². The molecule has 2 heterocycles. The molecule has 0 saturated heterocycles. The molecule has 0 saturated carbocycles. The largest absolute Gasteiger partial charge is 0.388 e. The number of aryl methyl sites for hydroxylation is 1. The average molecular weight is 454 g/mol. The van der Waals surface area contributed by atoms with Crippen molar-refractivity contribution in [2.75, 3.05) is 11.4 Å². The highest BCUT2D eigenvalue weighted by molar-refractivity contribution is 6.09. The molecule has 4 rings (SSSR count). The lowest BCUT2D eigenvalue weighted by atomic mass is 9.84. The third-order valence-corrected chi connectivity index (χ3v) is 5.95. The van der Waals surface area contributed by atoms with Crippen LogP contribution in [0.4, 0.5) is 14.5 Å². The predicted molar refractivity (Wildman–Crippen MR) is 120 cm³/mol. The molecular weight excluding hydrogens is 430 g/mol. The zero-order valence-electron chi connectivity index (χ0n) is 18.6. The van der Waals surface area contributed by atoms with E-state index in [1.807, 2.05) is 0 Å². The number of anilines is 1. The smallest absolute Gasteiger partial charge is 0.350 e. The third-order valence-electron chi connectivity index (χ3n) is 5.95. The summed E-state index contributed by atoms with van der Waals surface area (Å²) >= 11 is 0. The highest BCUT2D eigenvalue weighted by Crippen LogP contribution is 2.38. The minimum atomic E-state index is -0.832. The highest BCUT2D eigenvalue weighted by atomic mass is 19.1. The molecule has 0 fully saturated rings. The molecule has 1 N–H and O–H groups in total. The van der Waals surface area contributed by atoms with Crippen molar-refractivity contribution in [1.82, 2.24) is 14.3 Å². The number of aliphatic hydroxyl groups excluding tert-OH is 1. The van der Waals surface area contributed by atoms with Crippen molar-refractivity contribution in [1.29, 1.82) is 0 Å². The van der Waals surface area contributed by atoms with E-state index in [1.165, 1.54) is 21.6 Å². The summed E-state index contributed by atoms with van der Waals surface area (Å²) in [5.74, 6) is -2.24. The summed E-state index contributed by atoms with van der Waals surface area (Å²) < 4.78 is 31.9. The van der Waals surface area contributed by atoms with Gasteiger partial charge in [-0.2, -0.15) is 4.68 Å². The molecule has 2 aromatic carbocycles. The summed E-state index contributed by atoms with van der Waals surface area (Å²) in [6, 6.07) is 6.95. The quantitative estimate of drug-likeness (QED) is 0.599. The fourth-order valence-corrected chi connectivity index (χ4v) is 4.21. The molecule has 0 radical (unpaired) electrons. The Kier molecular flexibility index (Phi) is 5.75. The zero-order valence-corrected chi connectivity index (χ0v) is 18.6. The van der Waals surface area contributed by atoms with Crippen LogP contribution in [0, 0.1) is 18.6 Å². The molecule has 0 spiro atoms. The molecule has 1 atom stereocenters. The topological polar surface area (TPSA) is 80.4 Å². The van der Waals surface area contributed by atoms with Gasteiger partial charge in [-0.15, -0.1) is 5.10 Å². The van der Waals surface area contributed by atoms with Crippen LogP contribution in [-0.2, 0) is 13.2 Å².